The second kappa shape index (κ2) is 5.47. The fourth-order valence-electron chi connectivity index (χ4n) is 2.64. The summed E-state index contributed by atoms with van der Waals surface area (Å²) < 4.78 is 0. The van der Waals surface area contributed by atoms with Crippen molar-refractivity contribution in [2.24, 2.45) is 17.8 Å². The van der Waals surface area contributed by atoms with E-state index in [1.807, 2.05) is 0 Å². The van der Waals surface area contributed by atoms with Crippen molar-refractivity contribution in [1.29, 1.82) is 0 Å². The molecule has 0 bridgehead atoms. The van der Waals surface area contributed by atoms with Crippen LogP contribution in [0.4, 0.5) is 0 Å². The monoisotopic (exact) mass is 180 g/mol. The van der Waals surface area contributed by atoms with Crippen molar-refractivity contribution < 1.29 is 0 Å². The first-order chi connectivity index (χ1) is 6.31. The summed E-state index contributed by atoms with van der Waals surface area (Å²) >= 11 is 0. The van der Waals surface area contributed by atoms with E-state index < -0.39 is 0 Å². The maximum Gasteiger partial charge on any atom is -0.0231 e. The third kappa shape index (κ3) is 2.86. The molecule has 0 radical (unpaired) electrons. The number of allylic oxidation sites excluding steroid dienone is 1. The van der Waals surface area contributed by atoms with Crippen LogP contribution >= 0.6 is 0 Å². The second-order valence-electron chi connectivity index (χ2n) is 4.56. The van der Waals surface area contributed by atoms with E-state index in [0.29, 0.717) is 0 Å². The topological polar surface area (TPSA) is 0 Å². The standard InChI is InChI=1S/C13H24/c1-4-7-12(8-5-2)13-9-11(6-3)10-13/h6,11-13H,3-5,7-10H2,1-2H3. The average molecular weight is 180 g/mol. The Morgan fingerprint density at radius 1 is 1.23 bits per heavy atom. The number of hydrogen-bond acceptors (Lipinski definition) is 0. The summed E-state index contributed by atoms with van der Waals surface area (Å²) in [5, 5.41) is 0. The lowest BCUT2D eigenvalue weighted by molar-refractivity contribution is 0.139. The molecule has 0 N–H and O–H groups in total. The highest BCUT2D eigenvalue weighted by atomic mass is 14.4. The summed E-state index contributed by atoms with van der Waals surface area (Å²) in [7, 11) is 0. The second-order valence-corrected chi connectivity index (χ2v) is 4.56. The molecule has 13 heavy (non-hydrogen) atoms. The Kier molecular flexibility index (Phi) is 4.55. The lowest BCUT2D eigenvalue weighted by Crippen LogP contribution is -2.29. The Labute approximate surface area is 83.4 Å². The van der Waals surface area contributed by atoms with Crippen molar-refractivity contribution in [3.8, 4) is 0 Å². The van der Waals surface area contributed by atoms with Crippen molar-refractivity contribution >= 4 is 0 Å². The zero-order chi connectivity index (χ0) is 9.68. The molecule has 1 rings (SSSR count). The van der Waals surface area contributed by atoms with Gasteiger partial charge in [-0.25, -0.2) is 0 Å². The number of hydrogen-bond donors (Lipinski definition) is 0. The van der Waals surface area contributed by atoms with Gasteiger partial charge in [0.15, 0.2) is 0 Å². The molecule has 0 amide bonds. The van der Waals surface area contributed by atoms with Crippen molar-refractivity contribution in [2.45, 2.75) is 52.4 Å². The molecule has 1 aliphatic rings. The first-order valence-corrected chi connectivity index (χ1v) is 5.94. The SMILES string of the molecule is C=CC1CC(C(CCC)CCC)C1. The van der Waals surface area contributed by atoms with Gasteiger partial charge in [0.1, 0.15) is 0 Å². The minimum atomic E-state index is 0.848. The maximum atomic E-state index is 3.87. The van der Waals surface area contributed by atoms with Gasteiger partial charge in [0.2, 0.25) is 0 Å². The smallest absolute Gasteiger partial charge is 0.0231 e. The Morgan fingerprint density at radius 3 is 2.15 bits per heavy atom. The number of rotatable bonds is 6. The molecule has 0 saturated heterocycles. The molecule has 0 aromatic rings. The van der Waals surface area contributed by atoms with E-state index in [1.54, 1.807) is 0 Å². The highest BCUT2D eigenvalue weighted by molar-refractivity contribution is 4.93. The van der Waals surface area contributed by atoms with Gasteiger partial charge in [-0.3, -0.25) is 0 Å². The van der Waals surface area contributed by atoms with Gasteiger partial charge in [-0.1, -0.05) is 45.6 Å². The van der Waals surface area contributed by atoms with Crippen LogP contribution in [-0.4, -0.2) is 0 Å². The van der Waals surface area contributed by atoms with Crippen molar-refractivity contribution in [3.63, 3.8) is 0 Å². The lowest BCUT2D eigenvalue weighted by Gasteiger charge is -2.39. The fourth-order valence-corrected chi connectivity index (χ4v) is 2.64. The summed E-state index contributed by atoms with van der Waals surface area (Å²) in [5.74, 6) is 2.90. The van der Waals surface area contributed by atoms with Crippen molar-refractivity contribution in [2.75, 3.05) is 0 Å². The quantitative estimate of drug-likeness (QED) is 0.531. The van der Waals surface area contributed by atoms with E-state index in [4.69, 9.17) is 0 Å². The molecule has 0 atom stereocenters. The van der Waals surface area contributed by atoms with Gasteiger partial charge < -0.3 is 0 Å². The molecule has 0 heteroatoms. The minimum absolute atomic E-state index is 0.848. The van der Waals surface area contributed by atoms with E-state index in [-0.39, 0.29) is 0 Å². The zero-order valence-corrected chi connectivity index (χ0v) is 9.26. The van der Waals surface area contributed by atoms with Crippen LogP contribution in [-0.2, 0) is 0 Å². The highest BCUT2D eigenvalue weighted by Crippen LogP contribution is 2.42. The van der Waals surface area contributed by atoms with E-state index in [0.717, 1.165) is 17.8 Å². The fraction of sp³-hybridized carbons (Fsp3) is 0.846. The molecule has 76 valence electrons. The van der Waals surface area contributed by atoms with Crippen molar-refractivity contribution in [3.05, 3.63) is 12.7 Å². The molecule has 0 nitrogen and oxygen atoms in total. The molecular formula is C13H24. The summed E-state index contributed by atoms with van der Waals surface area (Å²) in [6.07, 6.45) is 10.6. The molecule has 0 heterocycles. The van der Waals surface area contributed by atoms with Gasteiger partial charge in [0.05, 0.1) is 0 Å². The van der Waals surface area contributed by atoms with Crippen LogP contribution in [0.1, 0.15) is 52.4 Å². The summed E-state index contributed by atoms with van der Waals surface area (Å²) in [5.41, 5.74) is 0. The van der Waals surface area contributed by atoms with Gasteiger partial charge in [0.25, 0.3) is 0 Å². The molecule has 0 aromatic carbocycles. The molecule has 1 fully saturated rings. The van der Waals surface area contributed by atoms with Gasteiger partial charge in [-0.2, -0.15) is 0 Å². The molecular weight excluding hydrogens is 156 g/mol. The van der Waals surface area contributed by atoms with Crippen molar-refractivity contribution in [1.82, 2.24) is 0 Å². The Bertz CT molecular complexity index is 136. The summed E-state index contributed by atoms with van der Waals surface area (Å²) in [6.45, 7) is 8.49. The van der Waals surface area contributed by atoms with E-state index in [9.17, 15) is 0 Å². The molecule has 0 spiro atoms. The Hall–Kier alpha value is -0.260. The molecule has 0 aliphatic heterocycles. The first-order valence-electron chi connectivity index (χ1n) is 5.94. The van der Waals surface area contributed by atoms with Crippen LogP contribution in [0.25, 0.3) is 0 Å². The van der Waals surface area contributed by atoms with Crippen LogP contribution in [0.15, 0.2) is 12.7 Å². The average Bonchev–Trinajstić information content (AvgIpc) is 2.03. The van der Waals surface area contributed by atoms with E-state index in [2.05, 4.69) is 26.5 Å². The third-order valence-corrected chi connectivity index (χ3v) is 3.53. The maximum absolute atomic E-state index is 3.87. The molecule has 1 aliphatic carbocycles. The van der Waals surface area contributed by atoms with Crippen LogP contribution in [0.3, 0.4) is 0 Å². The Balaban J connectivity index is 2.26. The normalized spacial score (nSPS) is 27.3. The molecule has 0 aromatic heterocycles. The van der Waals surface area contributed by atoms with E-state index >= 15 is 0 Å². The molecule has 1 saturated carbocycles. The summed E-state index contributed by atoms with van der Waals surface area (Å²) in [4.78, 5) is 0. The van der Waals surface area contributed by atoms with E-state index in [1.165, 1.54) is 38.5 Å². The van der Waals surface area contributed by atoms with Crippen LogP contribution in [0.2, 0.25) is 0 Å². The van der Waals surface area contributed by atoms with Crippen LogP contribution < -0.4 is 0 Å². The largest absolute Gasteiger partial charge is 0.103 e. The van der Waals surface area contributed by atoms with Crippen LogP contribution in [0, 0.1) is 17.8 Å². The third-order valence-electron chi connectivity index (χ3n) is 3.53. The van der Waals surface area contributed by atoms with Gasteiger partial charge in [-0.15, -0.1) is 6.58 Å². The van der Waals surface area contributed by atoms with Gasteiger partial charge >= 0.3 is 0 Å². The van der Waals surface area contributed by atoms with Gasteiger partial charge in [0, 0.05) is 0 Å². The highest BCUT2D eigenvalue weighted by Gasteiger charge is 2.31. The molecule has 0 unspecified atom stereocenters. The Morgan fingerprint density at radius 2 is 1.77 bits per heavy atom. The first kappa shape index (κ1) is 10.8. The van der Waals surface area contributed by atoms with Gasteiger partial charge in [-0.05, 0) is 30.6 Å². The minimum Gasteiger partial charge on any atom is -0.103 e. The summed E-state index contributed by atoms with van der Waals surface area (Å²) in [6, 6.07) is 0. The zero-order valence-electron chi connectivity index (χ0n) is 9.26. The lowest BCUT2D eigenvalue weighted by atomic mass is 9.66. The van der Waals surface area contributed by atoms with Crippen LogP contribution in [0.5, 0.6) is 0 Å². The predicted molar refractivity (Wildman–Crippen MR) is 59.7 cm³/mol. The predicted octanol–water partition coefficient (Wildman–Crippen LogP) is 4.42.